The van der Waals surface area contributed by atoms with E-state index in [1.807, 2.05) is 34.0 Å². The van der Waals surface area contributed by atoms with Crippen LogP contribution in [0.1, 0.15) is 26.3 Å². The smallest absolute Gasteiger partial charge is 0.315 e. The number of amides is 2. The van der Waals surface area contributed by atoms with Crippen molar-refractivity contribution in [2.24, 2.45) is 7.05 Å². The quantitative estimate of drug-likeness (QED) is 0.823. The van der Waals surface area contributed by atoms with Crippen molar-refractivity contribution in [1.29, 1.82) is 0 Å². The fraction of sp³-hybridized carbons (Fsp3) is 0.667. The first kappa shape index (κ1) is 14.5. The van der Waals surface area contributed by atoms with E-state index in [2.05, 4.69) is 15.7 Å². The maximum atomic E-state index is 11.8. The molecule has 0 unspecified atom stereocenters. The van der Waals surface area contributed by atoms with Crippen LogP contribution in [0, 0.1) is 0 Å². The third kappa shape index (κ3) is 4.03. The molecular formula is C12H22N4O2. The Labute approximate surface area is 108 Å². The fourth-order valence-electron chi connectivity index (χ4n) is 1.65. The molecule has 0 radical (unpaired) electrons. The molecule has 6 heteroatoms. The largest absolute Gasteiger partial charge is 0.383 e. The minimum atomic E-state index is -0.467. The van der Waals surface area contributed by atoms with Gasteiger partial charge in [-0.1, -0.05) is 0 Å². The van der Waals surface area contributed by atoms with Crippen LogP contribution in [-0.4, -0.2) is 35.6 Å². The molecule has 0 saturated carbocycles. The van der Waals surface area contributed by atoms with E-state index in [0.29, 0.717) is 6.61 Å². The number of ether oxygens (including phenoxy) is 1. The minimum Gasteiger partial charge on any atom is -0.383 e. The SMILES string of the molecule is COC[C@H](C)NC(=O)NC(C)(C)c1cnn(C)c1. The Balaban J connectivity index is 2.57. The average Bonchev–Trinajstić information content (AvgIpc) is 2.64. The summed E-state index contributed by atoms with van der Waals surface area (Å²) in [5, 5.41) is 9.83. The Morgan fingerprint density at radius 3 is 2.78 bits per heavy atom. The number of hydrogen-bond donors (Lipinski definition) is 2. The first-order chi connectivity index (χ1) is 8.35. The number of hydrogen-bond acceptors (Lipinski definition) is 3. The Morgan fingerprint density at radius 1 is 1.61 bits per heavy atom. The number of aryl methyl sites for hydroxylation is 1. The Bertz CT molecular complexity index is 401. The van der Waals surface area contributed by atoms with Gasteiger partial charge >= 0.3 is 6.03 Å². The lowest BCUT2D eigenvalue weighted by molar-refractivity contribution is 0.169. The van der Waals surface area contributed by atoms with Gasteiger partial charge in [0.1, 0.15) is 0 Å². The molecule has 1 aromatic heterocycles. The predicted molar refractivity (Wildman–Crippen MR) is 69.2 cm³/mol. The standard InChI is InChI=1S/C12H22N4O2/c1-9(8-18-5)14-11(17)15-12(2,3)10-6-13-16(4)7-10/h6-7,9H,8H2,1-5H3,(H2,14,15,17)/t9-/m0/s1. The highest BCUT2D eigenvalue weighted by Crippen LogP contribution is 2.18. The first-order valence-corrected chi connectivity index (χ1v) is 5.92. The van der Waals surface area contributed by atoms with Gasteiger partial charge in [-0.2, -0.15) is 5.10 Å². The molecule has 2 N–H and O–H groups in total. The molecule has 0 aliphatic rings. The number of carbonyl (C=O) groups is 1. The van der Waals surface area contributed by atoms with Gasteiger partial charge < -0.3 is 15.4 Å². The van der Waals surface area contributed by atoms with E-state index in [1.165, 1.54) is 0 Å². The van der Waals surface area contributed by atoms with Crippen molar-refractivity contribution in [2.75, 3.05) is 13.7 Å². The van der Waals surface area contributed by atoms with E-state index in [4.69, 9.17) is 4.74 Å². The van der Waals surface area contributed by atoms with Gasteiger partial charge in [-0.15, -0.1) is 0 Å². The van der Waals surface area contributed by atoms with E-state index in [1.54, 1.807) is 18.0 Å². The minimum absolute atomic E-state index is 0.0281. The normalized spacial score (nSPS) is 13.2. The summed E-state index contributed by atoms with van der Waals surface area (Å²) in [5.74, 6) is 0. The molecule has 0 aromatic carbocycles. The van der Waals surface area contributed by atoms with Gasteiger partial charge in [0.15, 0.2) is 0 Å². The zero-order chi connectivity index (χ0) is 13.8. The van der Waals surface area contributed by atoms with Crippen molar-refractivity contribution in [3.05, 3.63) is 18.0 Å². The summed E-state index contributed by atoms with van der Waals surface area (Å²) < 4.78 is 6.68. The second kappa shape index (κ2) is 5.86. The molecule has 18 heavy (non-hydrogen) atoms. The van der Waals surface area contributed by atoms with Crippen LogP contribution >= 0.6 is 0 Å². The monoisotopic (exact) mass is 254 g/mol. The highest BCUT2D eigenvalue weighted by Gasteiger charge is 2.24. The van der Waals surface area contributed by atoms with Gasteiger partial charge in [-0.3, -0.25) is 4.68 Å². The van der Waals surface area contributed by atoms with E-state index >= 15 is 0 Å². The lowest BCUT2D eigenvalue weighted by Gasteiger charge is -2.26. The second-order valence-electron chi connectivity index (χ2n) is 4.98. The molecule has 0 bridgehead atoms. The van der Waals surface area contributed by atoms with E-state index < -0.39 is 5.54 Å². The van der Waals surface area contributed by atoms with Crippen molar-refractivity contribution in [1.82, 2.24) is 20.4 Å². The number of nitrogens with one attached hydrogen (secondary N) is 2. The van der Waals surface area contributed by atoms with Crippen molar-refractivity contribution >= 4 is 6.03 Å². The zero-order valence-electron chi connectivity index (χ0n) is 11.7. The third-order valence-corrected chi connectivity index (χ3v) is 2.65. The Morgan fingerprint density at radius 2 is 2.28 bits per heavy atom. The number of nitrogens with zero attached hydrogens (tertiary/aromatic N) is 2. The third-order valence-electron chi connectivity index (χ3n) is 2.65. The topological polar surface area (TPSA) is 68.2 Å². The average molecular weight is 254 g/mol. The molecule has 1 rings (SSSR count). The summed E-state index contributed by atoms with van der Waals surface area (Å²) in [6.45, 7) is 6.25. The van der Waals surface area contributed by atoms with Crippen LogP contribution in [0.3, 0.4) is 0 Å². The molecule has 102 valence electrons. The number of rotatable bonds is 5. The summed E-state index contributed by atoms with van der Waals surface area (Å²) in [6.07, 6.45) is 3.64. The van der Waals surface area contributed by atoms with Crippen molar-refractivity contribution < 1.29 is 9.53 Å². The molecule has 6 nitrogen and oxygen atoms in total. The van der Waals surface area contributed by atoms with Crippen LogP contribution in [0.4, 0.5) is 4.79 Å². The first-order valence-electron chi connectivity index (χ1n) is 5.92. The summed E-state index contributed by atoms with van der Waals surface area (Å²) in [6, 6.07) is -0.242. The summed E-state index contributed by atoms with van der Waals surface area (Å²) in [7, 11) is 3.45. The molecule has 1 atom stereocenters. The fourth-order valence-corrected chi connectivity index (χ4v) is 1.65. The van der Waals surface area contributed by atoms with Gasteiger partial charge in [0.25, 0.3) is 0 Å². The number of methoxy groups -OCH3 is 1. The van der Waals surface area contributed by atoms with Crippen molar-refractivity contribution in [2.45, 2.75) is 32.4 Å². The van der Waals surface area contributed by atoms with Gasteiger partial charge in [0.2, 0.25) is 0 Å². The van der Waals surface area contributed by atoms with Crippen LogP contribution in [0.5, 0.6) is 0 Å². The van der Waals surface area contributed by atoms with Gasteiger partial charge in [0.05, 0.1) is 24.4 Å². The molecule has 1 aromatic rings. The molecule has 0 aliphatic carbocycles. The molecule has 0 fully saturated rings. The highest BCUT2D eigenvalue weighted by atomic mass is 16.5. The van der Waals surface area contributed by atoms with Crippen LogP contribution in [-0.2, 0) is 17.3 Å². The maximum Gasteiger partial charge on any atom is 0.315 e. The zero-order valence-corrected chi connectivity index (χ0v) is 11.7. The lowest BCUT2D eigenvalue weighted by Crippen LogP contribution is -2.49. The molecule has 2 amide bonds. The Hall–Kier alpha value is -1.56. The lowest BCUT2D eigenvalue weighted by atomic mass is 9.98. The van der Waals surface area contributed by atoms with E-state index in [0.717, 1.165) is 5.56 Å². The van der Waals surface area contributed by atoms with Crippen molar-refractivity contribution in [3.8, 4) is 0 Å². The number of aromatic nitrogens is 2. The second-order valence-corrected chi connectivity index (χ2v) is 4.98. The molecule has 0 spiro atoms. The number of carbonyl (C=O) groups excluding carboxylic acids is 1. The van der Waals surface area contributed by atoms with Crippen molar-refractivity contribution in [3.63, 3.8) is 0 Å². The summed E-state index contributed by atoms with van der Waals surface area (Å²) in [5.41, 5.74) is 0.491. The van der Waals surface area contributed by atoms with Crippen LogP contribution in [0.2, 0.25) is 0 Å². The highest BCUT2D eigenvalue weighted by molar-refractivity contribution is 5.75. The van der Waals surface area contributed by atoms with E-state index in [-0.39, 0.29) is 12.1 Å². The van der Waals surface area contributed by atoms with Crippen LogP contribution in [0.15, 0.2) is 12.4 Å². The predicted octanol–water partition coefficient (Wildman–Crippen LogP) is 0.989. The maximum absolute atomic E-state index is 11.8. The van der Waals surface area contributed by atoms with Gasteiger partial charge in [-0.25, -0.2) is 4.79 Å². The van der Waals surface area contributed by atoms with Gasteiger partial charge in [-0.05, 0) is 20.8 Å². The number of urea groups is 1. The molecule has 1 heterocycles. The molecule has 0 saturated heterocycles. The summed E-state index contributed by atoms with van der Waals surface area (Å²) in [4.78, 5) is 11.8. The Kier molecular flexibility index (Phi) is 4.72. The molecule has 0 aliphatic heterocycles. The van der Waals surface area contributed by atoms with Crippen LogP contribution < -0.4 is 10.6 Å². The van der Waals surface area contributed by atoms with Gasteiger partial charge in [0, 0.05) is 25.9 Å². The van der Waals surface area contributed by atoms with E-state index in [9.17, 15) is 4.79 Å². The molecular weight excluding hydrogens is 232 g/mol. The summed E-state index contributed by atoms with van der Waals surface area (Å²) >= 11 is 0. The van der Waals surface area contributed by atoms with Crippen LogP contribution in [0.25, 0.3) is 0 Å².